The summed E-state index contributed by atoms with van der Waals surface area (Å²) in [5.41, 5.74) is 8.00. The molecule has 0 radical (unpaired) electrons. The number of thiocarbonyl (C=S) groups is 1. The van der Waals surface area contributed by atoms with Crippen molar-refractivity contribution in [2.24, 2.45) is 0 Å². The highest BCUT2D eigenvalue weighted by Gasteiger charge is 2.42. The number of benzene rings is 2. The molecule has 0 saturated carbocycles. The SMILES string of the molecule is CCOc1ccc(N2C(=S)N[C@@H](c3ccccn3)[C@H]2c2cc(C)n(-c3ccc(C)cc3)c2C)cc1. The van der Waals surface area contributed by atoms with Crippen LogP contribution in [0, 0.1) is 20.8 Å². The molecule has 6 heteroatoms. The largest absolute Gasteiger partial charge is 0.494 e. The quantitative estimate of drug-likeness (QED) is 0.323. The lowest BCUT2D eigenvalue weighted by Crippen LogP contribution is -2.29. The van der Waals surface area contributed by atoms with E-state index in [1.165, 1.54) is 22.5 Å². The summed E-state index contributed by atoms with van der Waals surface area (Å²) in [7, 11) is 0. The van der Waals surface area contributed by atoms with Crippen molar-refractivity contribution in [3.05, 3.63) is 107 Å². The summed E-state index contributed by atoms with van der Waals surface area (Å²) < 4.78 is 7.99. The summed E-state index contributed by atoms with van der Waals surface area (Å²) in [5, 5.41) is 4.25. The van der Waals surface area contributed by atoms with Crippen LogP contribution in [0.3, 0.4) is 0 Å². The van der Waals surface area contributed by atoms with E-state index in [-0.39, 0.29) is 12.1 Å². The predicted molar refractivity (Wildman–Crippen MR) is 146 cm³/mol. The van der Waals surface area contributed by atoms with Crippen LogP contribution >= 0.6 is 12.2 Å². The molecule has 3 heterocycles. The zero-order valence-corrected chi connectivity index (χ0v) is 21.3. The molecule has 1 N–H and O–H groups in total. The van der Waals surface area contributed by atoms with E-state index in [9.17, 15) is 0 Å². The van der Waals surface area contributed by atoms with Gasteiger partial charge in [0.1, 0.15) is 5.75 Å². The highest BCUT2D eigenvalue weighted by atomic mass is 32.1. The van der Waals surface area contributed by atoms with Crippen molar-refractivity contribution in [1.29, 1.82) is 0 Å². The molecule has 0 aliphatic carbocycles. The molecule has 0 spiro atoms. The third-order valence-corrected chi connectivity index (χ3v) is 6.92. The second-order valence-electron chi connectivity index (χ2n) is 8.92. The van der Waals surface area contributed by atoms with Gasteiger partial charge in [0.15, 0.2) is 5.11 Å². The number of rotatable bonds is 6. The maximum atomic E-state index is 5.90. The topological polar surface area (TPSA) is 42.3 Å². The fourth-order valence-corrected chi connectivity index (χ4v) is 5.34. The van der Waals surface area contributed by atoms with Crippen LogP contribution < -0.4 is 15.0 Å². The minimum atomic E-state index is -0.0813. The van der Waals surface area contributed by atoms with Crippen molar-refractivity contribution in [3.8, 4) is 11.4 Å². The van der Waals surface area contributed by atoms with Gasteiger partial charge in [0.2, 0.25) is 0 Å². The van der Waals surface area contributed by atoms with Gasteiger partial charge in [-0.15, -0.1) is 0 Å². The second kappa shape index (κ2) is 9.55. The number of nitrogens with zero attached hydrogens (tertiary/aromatic N) is 3. The van der Waals surface area contributed by atoms with E-state index in [0.717, 1.165) is 22.8 Å². The van der Waals surface area contributed by atoms with Gasteiger partial charge in [0.25, 0.3) is 0 Å². The molecule has 1 aliphatic rings. The molecule has 178 valence electrons. The summed E-state index contributed by atoms with van der Waals surface area (Å²) in [6.07, 6.45) is 1.84. The number of hydrogen-bond donors (Lipinski definition) is 1. The fourth-order valence-electron chi connectivity index (χ4n) is 5.00. The normalized spacial score (nSPS) is 17.5. The number of pyridine rings is 1. The number of aromatic nitrogens is 2. The van der Waals surface area contributed by atoms with Crippen LogP contribution in [0.15, 0.2) is 79.0 Å². The van der Waals surface area contributed by atoms with Crippen LogP contribution in [0.1, 0.15) is 47.2 Å². The van der Waals surface area contributed by atoms with Crippen LogP contribution in [0.2, 0.25) is 0 Å². The molecular weight excluding hydrogens is 452 g/mol. The average Bonchev–Trinajstić information content (AvgIpc) is 3.36. The van der Waals surface area contributed by atoms with Crippen molar-refractivity contribution in [1.82, 2.24) is 14.9 Å². The Morgan fingerprint density at radius 2 is 1.66 bits per heavy atom. The van der Waals surface area contributed by atoms with Crippen molar-refractivity contribution in [2.45, 2.75) is 39.8 Å². The first-order valence-electron chi connectivity index (χ1n) is 12.0. The fraction of sp³-hybridized carbons (Fsp3) is 0.241. The summed E-state index contributed by atoms with van der Waals surface area (Å²) in [4.78, 5) is 6.90. The molecule has 0 bridgehead atoms. The van der Waals surface area contributed by atoms with Gasteiger partial charge in [-0.25, -0.2) is 0 Å². The first kappa shape index (κ1) is 23.1. The van der Waals surface area contributed by atoms with E-state index in [1.54, 1.807) is 0 Å². The average molecular weight is 483 g/mol. The van der Waals surface area contributed by atoms with Gasteiger partial charge in [-0.2, -0.15) is 0 Å². The number of anilines is 1. The second-order valence-corrected chi connectivity index (χ2v) is 9.31. The predicted octanol–water partition coefficient (Wildman–Crippen LogP) is 6.37. The molecule has 0 amide bonds. The van der Waals surface area contributed by atoms with Crippen molar-refractivity contribution >= 4 is 23.0 Å². The molecule has 5 nitrogen and oxygen atoms in total. The lowest BCUT2D eigenvalue weighted by molar-refractivity contribution is 0.340. The maximum Gasteiger partial charge on any atom is 0.174 e. The van der Waals surface area contributed by atoms with Crippen LogP contribution in [0.4, 0.5) is 5.69 Å². The Morgan fingerprint density at radius 3 is 2.31 bits per heavy atom. The molecule has 35 heavy (non-hydrogen) atoms. The molecule has 4 aromatic rings. The monoisotopic (exact) mass is 482 g/mol. The molecular formula is C29H30N4OS. The first-order valence-corrected chi connectivity index (χ1v) is 12.4. The summed E-state index contributed by atoms with van der Waals surface area (Å²) in [6, 6.07) is 25.0. The molecule has 1 aliphatic heterocycles. The Hall–Kier alpha value is -3.64. The van der Waals surface area contributed by atoms with Crippen molar-refractivity contribution in [3.63, 3.8) is 0 Å². The zero-order chi connectivity index (χ0) is 24.5. The number of ether oxygens (including phenoxy) is 1. The zero-order valence-electron chi connectivity index (χ0n) is 20.5. The molecule has 2 atom stereocenters. The molecule has 2 aromatic carbocycles. The number of nitrogens with one attached hydrogen (secondary N) is 1. The maximum absolute atomic E-state index is 5.90. The Kier molecular flexibility index (Phi) is 6.31. The van der Waals surface area contributed by atoms with Gasteiger partial charge in [-0.05, 0) is 100 Å². The van der Waals surface area contributed by atoms with E-state index < -0.39 is 0 Å². The Balaban J connectivity index is 1.63. The minimum Gasteiger partial charge on any atom is -0.494 e. The lowest BCUT2D eigenvalue weighted by Gasteiger charge is -2.28. The van der Waals surface area contributed by atoms with Crippen LogP contribution in [0.25, 0.3) is 5.69 Å². The Labute approximate surface area is 212 Å². The number of aryl methyl sites for hydroxylation is 2. The lowest BCUT2D eigenvalue weighted by atomic mass is 9.96. The summed E-state index contributed by atoms with van der Waals surface area (Å²) in [5.74, 6) is 0.852. The summed E-state index contributed by atoms with van der Waals surface area (Å²) >= 11 is 5.90. The summed E-state index contributed by atoms with van der Waals surface area (Å²) in [6.45, 7) is 9.09. The van der Waals surface area contributed by atoms with Crippen LogP contribution in [-0.4, -0.2) is 21.3 Å². The molecule has 0 unspecified atom stereocenters. The van der Waals surface area contributed by atoms with Gasteiger partial charge in [-0.1, -0.05) is 23.8 Å². The number of hydrogen-bond acceptors (Lipinski definition) is 3. The molecule has 2 aromatic heterocycles. The van der Waals surface area contributed by atoms with E-state index in [4.69, 9.17) is 17.0 Å². The molecule has 1 fully saturated rings. The Morgan fingerprint density at radius 1 is 0.943 bits per heavy atom. The van der Waals surface area contributed by atoms with Crippen LogP contribution in [-0.2, 0) is 0 Å². The molecule has 5 rings (SSSR count). The highest BCUT2D eigenvalue weighted by Crippen LogP contribution is 2.44. The van der Waals surface area contributed by atoms with E-state index in [0.29, 0.717) is 11.7 Å². The smallest absolute Gasteiger partial charge is 0.174 e. The van der Waals surface area contributed by atoms with Gasteiger partial charge >= 0.3 is 0 Å². The van der Waals surface area contributed by atoms with E-state index in [2.05, 4.69) is 89.1 Å². The minimum absolute atomic E-state index is 0.0549. The molecule has 1 saturated heterocycles. The van der Waals surface area contributed by atoms with Crippen LogP contribution in [0.5, 0.6) is 5.75 Å². The first-order chi connectivity index (χ1) is 17.0. The van der Waals surface area contributed by atoms with Gasteiger partial charge in [-0.3, -0.25) is 4.98 Å². The van der Waals surface area contributed by atoms with Crippen molar-refractivity contribution in [2.75, 3.05) is 11.5 Å². The van der Waals surface area contributed by atoms with Gasteiger partial charge < -0.3 is 19.5 Å². The highest BCUT2D eigenvalue weighted by molar-refractivity contribution is 7.80. The van der Waals surface area contributed by atoms with E-state index >= 15 is 0 Å². The third-order valence-electron chi connectivity index (χ3n) is 6.61. The van der Waals surface area contributed by atoms with Gasteiger partial charge in [0.05, 0.1) is 24.4 Å². The van der Waals surface area contributed by atoms with E-state index in [1.807, 2.05) is 37.4 Å². The third kappa shape index (κ3) is 4.30. The van der Waals surface area contributed by atoms with Crippen molar-refractivity contribution < 1.29 is 4.74 Å². The Bertz CT molecular complexity index is 1330. The standard InChI is InChI=1S/C29H30N4OS/c1-5-34-24-15-13-23(14-16-24)33-28(27(31-29(33)35)26-8-6-7-17-30-26)25-18-20(3)32(21(25)4)22-11-9-19(2)10-12-22/h6-18,27-28H,5H2,1-4H3,(H,31,35)/t27-,28+/m0/s1. The van der Waals surface area contributed by atoms with Gasteiger partial charge in [0, 0.05) is 29.0 Å².